The fourth-order valence-electron chi connectivity index (χ4n) is 3.27. The topological polar surface area (TPSA) is 58.1 Å². The molecule has 170 valence electrons. The number of nitrogens with one attached hydrogen (secondary N) is 2. The Kier molecular flexibility index (Phi) is 11.6. The molecule has 0 atom stereocenters. The highest BCUT2D eigenvalue weighted by Crippen LogP contribution is 2.14. The number of benzene rings is 2. The van der Waals surface area contributed by atoms with Gasteiger partial charge in [0.1, 0.15) is 18.2 Å². The Morgan fingerprint density at radius 1 is 1.10 bits per heavy atom. The number of hydrogen-bond acceptors (Lipinski definition) is 4. The van der Waals surface area contributed by atoms with E-state index in [-0.39, 0.29) is 29.8 Å². The summed E-state index contributed by atoms with van der Waals surface area (Å²) in [5.74, 6) is 0.961. The summed E-state index contributed by atoms with van der Waals surface area (Å²) in [6.07, 6.45) is 0. The second kappa shape index (κ2) is 14.2. The van der Waals surface area contributed by atoms with Crippen LogP contribution in [0.15, 0.2) is 53.5 Å². The van der Waals surface area contributed by atoms with Gasteiger partial charge in [0.05, 0.1) is 26.3 Å². The third kappa shape index (κ3) is 9.00. The number of halogens is 2. The highest BCUT2D eigenvalue weighted by atomic mass is 127. The molecule has 31 heavy (non-hydrogen) atoms. The molecule has 0 aromatic heterocycles. The number of nitrogens with zero attached hydrogens (tertiary/aromatic N) is 2. The van der Waals surface area contributed by atoms with Crippen LogP contribution in [0.25, 0.3) is 0 Å². The number of ether oxygens (including phenoxy) is 2. The zero-order chi connectivity index (χ0) is 21.0. The molecule has 0 aliphatic carbocycles. The van der Waals surface area contributed by atoms with Gasteiger partial charge >= 0.3 is 0 Å². The molecule has 0 amide bonds. The zero-order valence-electron chi connectivity index (χ0n) is 18.0. The Hall–Kier alpha value is -1.91. The van der Waals surface area contributed by atoms with E-state index in [4.69, 9.17) is 14.5 Å². The molecule has 0 spiro atoms. The maximum atomic E-state index is 13.2. The van der Waals surface area contributed by atoms with E-state index in [0.717, 1.165) is 45.4 Å². The van der Waals surface area contributed by atoms with E-state index in [1.807, 2.05) is 6.92 Å². The standard InChI is InChI=1S/C23H31FN4O2.HI/c1-2-25-23(26-10-13-30-22-9-5-8-21(24)16-22)27-17-19-6-3-4-7-20(19)18-28-11-14-29-15-12-28;/h3-9,16H,2,10-15,17-18H2,1H3,(H2,25,26,27);1H. The number of guanidine groups is 1. The van der Waals surface area contributed by atoms with E-state index in [1.54, 1.807) is 12.1 Å². The SMILES string of the molecule is CCNC(=NCc1ccccc1CN1CCOCC1)NCCOc1cccc(F)c1.I. The Balaban J connectivity index is 0.00000341. The number of aliphatic imine (C=N–C) groups is 1. The van der Waals surface area contributed by atoms with E-state index >= 15 is 0 Å². The second-order valence-corrected chi connectivity index (χ2v) is 7.09. The van der Waals surface area contributed by atoms with Crippen molar-refractivity contribution in [2.75, 3.05) is 46.0 Å². The third-order valence-electron chi connectivity index (χ3n) is 4.83. The predicted octanol–water partition coefficient (Wildman–Crippen LogP) is 3.41. The molecule has 8 heteroatoms. The van der Waals surface area contributed by atoms with Crippen LogP contribution in [0.3, 0.4) is 0 Å². The van der Waals surface area contributed by atoms with Gasteiger partial charge in [0, 0.05) is 32.2 Å². The van der Waals surface area contributed by atoms with E-state index < -0.39 is 0 Å². The number of morpholine rings is 1. The summed E-state index contributed by atoms with van der Waals surface area (Å²) in [5, 5.41) is 6.53. The summed E-state index contributed by atoms with van der Waals surface area (Å²) in [6.45, 7) is 8.83. The summed E-state index contributed by atoms with van der Waals surface area (Å²) in [4.78, 5) is 7.15. The molecule has 0 saturated carbocycles. The van der Waals surface area contributed by atoms with E-state index in [2.05, 4.69) is 39.8 Å². The van der Waals surface area contributed by atoms with Gasteiger partial charge < -0.3 is 20.1 Å². The first kappa shape index (κ1) is 25.4. The van der Waals surface area contributed by atoms with Gasteiger partial charge in [-0.3, -0.25) is 4.90 Å². The molecule has 0 bridgehead atoms. The van der Waals surface area contributed by atoms with Crippen LogP contribution in [-0.2, 0) is 17.8 Å². The lowest BCUT2D eigenvalue weighted by Gasteiger charge is -2.27. The molecular formula is C23H32FIN4O2. The summed E-state index contributed by atoms with van der Waals surface area (Å²) >= 11 is 0. The van der Waals surface area contributed by atoms with Gasteiger partial charge in [-0.05, 0) is 30.2 Å². The number of rotatable bonds is 9. The molecule has 0 unspecified atom stereocenters. The molecule has 2 N–H and O–H groups in total. The summed E-state index contributed by atoms with van der Waals surface area (Å²) in [6, 6.07) is 14.6. The molecule has 1 heterocycles. The monoisotopic (exact) mass is 542 g/mol. The van der Waals surface area contributed by atoms with Gasteiger partial charge in [-0.15, -0.1) is 24.0 Å². The van der Waals surface area contributed by atoms with Crippen LogP contribution in [0.1, 0.15) is 18.1 Å². The van der Waals surface area contributed by atoms with Crippen molar-refractivity contribution in [3.05, 3.63) is 65.5 Å². The Bertz CT molecular complexity index is 816. The van der Waals surface area contributed by atoms with Crippen LogP contribution in [0.5, 0.6) is 5.75 Å². The maximum absolute atomic E-state index is 13.2. The molecule has 1 saturated heterocycles. The molecule has 1 aliphatic rings. The summed E-state index contributed by atoms with van der Waals surface area (Å²) in [5.41, 5.74) is 2.52. The molecular weight excluding hydrogens is 510 g/mol. The van der Waals surface area contributed by atoms with Crippen molar-refractivity contribution in [1.29, 1.82) is 0 Å². The highest BCUT2D eigenvalue weighted by molar-refractivity contribution is 14.0. The van der Waals surface area contributed by atoms with Gasteiger partial charge in [-0.2, -0.15) is 0 Å². The normalized spacial score (nSPS) is 14.6. The lowest BCUT2D eigenvalue weighted by Crippen LogP contribution is -2.39. The van der Waals surface area contributed by atoms with E-state index in [9.17, 15) is 4.39 Å². The van der Waals surface area contributed by atoms with Crippen LogP contribution < -0.4 is 15.4 Å². The first-order chi connectivity index (χ1) is 14.7. The van der Waals surface area contributed by atoms with Gasteiger partial charge in [-0.1, -0.05) is 30.3 Å². The second-order valence-electron chi connectivity index (χ2n) is 7.09. The van der Waals surface area contributed by atoms with Gasteiger partial charge in [-0.25, -0.2) is 9.38 Å². The van der Waals surface area contributed by atoms with Crippen LogP contribution in [0.4, 0.5) is 4.39 Å². The number of hydrogen-bond donors (Lipinski definition) is 2. The Morgan fingerprint density at radius 2 is 1.87 bits per heavy atom. The molecule has 2 aromatic carbocycles. The average Bonchev–Trinajstić information content (AvgIpc) is 2.76. The molecule has 3 rings (SSSR count). The van der Waals surface area contributed by atoms with Gasteiger partial charge in [0.2, 0.25) is 0 Å². The van der Waals surface area contributed by atoms with Crippen LogP contribution in [0, 0.1) is 5.82 Å². The minimum Gasteiger partial charge on any atom is -0.492 e. The molecule has 0 radical (unpaired) electrons. The van der Waals surface area contributed by atoms with Crippen LogP contribution in [-0.4, -0.2) is 56.9 Å². The quantitative estimate of drug-likeness (QED) is 0.220. The van der Waals surface area contributed by atoms with Crippen LogP contribution >= 0.6 is 24.0 Å². The van der Waals surface area contributed by atoms with E-state index in [0.29, 0.717) is 25.4 Å². The Morgan fingerprint density at radius 3 is 2.61 bits per heavy atom. The Labute approximate surface area is 201 Å². The summed E-state index contributed by atoms with van der Waals surface area (Å²) in [7, 11) is 0. The van der Waals surface area contributed by atoms with Crippen molar-refractivity contribution < 1.29 is 13.9 Å². The predicted molar refractivity (Wildman–Crippen MR) is 133 cm³/mol. The zero-order valence-corrected chi connectivity index (χ0v) is 20.3. The summed E-state index contributed by atoms with van der Waals surface area (Å²) < 4.78 is 24.2. The maximum Gasteiger partial charge on any atom is 0.191 e. The first-order valence-corrected chi connectivity index (χ1v) is 10.5. The van der Waals surface area contributed by atoms with Crippen molar-refractivity contribution in [1.82, 2.24) is 15.5 Å². The van der Waals surface area contributed by atoms with Crippen molar-refractivity contribution >= 4 is 29.9 Å². The van der Waals surface area contributed by atoms with Gasteiger partial charge in [0.15, 0.2) is 5.96 Å². The van der Waals surface area contributed by atoms with Crippen molar-refractivity contribution in [2.45, 2.75) is 20.0 Å². The lowest BCUT2D eigenvalue weighted by atomic mass is 10.1. The largest absolute Gasteiger partial charge is 0.492 e. The fourth-order valence-corrected chi connectivity index (χ4v) is 3.27. The fraction of sp³-hybridized carbons (Fsp3) is 0.435. The average molecular weight is 542 g/mol. The molecule has 1 fully saturated rings. The minimum atomic E-state index is -0.300. The van der Waals surface area contributed by atoms with Crippen molar-refractivity contribution in [2.24, 2.45) is 4.99 Å². The van der Waals surface area contributed by atoms with Crippen molar-refractivity contribution in [3.8, 4) is 5.75 Å². The smallest absolute Gasteiger partial charge is 0.191 e. The first-order valence-electron chi connectivity index (χ1n) is 10.5. The van der Waals surface area contributed by atoms with E-state index in [1.165, 1.54) is 23.3 Å². The van der Waals surface area contributed by atoms with Crippen molar-refractivity contribution in [3.63, 3.8) is 0 Å². The molecule has 1 aliphatic heterocycles. The lowest BCUT2D eigenvalue weighted by molar-refractivity contribution is 0.0341. The highest BCUT2D eigenvalue weighted by Gasteiger charge is 2.12. The third-order valence-corrected chi connectivity index (χ3v) is 4.83. The van der Waals surface area contributed by atoms with Gasteiger partial charge in [0.25, 0.3) is 0 Å². The van der Waals surface area contributed by atoms with Crippen LogP contribution in [0.2, 0.25) is 0 Å². The minimum absolute atomic E-state index is 0. The molecule has 2 aromatic rings. The molecule has 6 nitrogen and oxygen atoms in total.